The molecule has 0 aromatic carbocycles. The number of aliphatic hydroxyl groups excluding tert-OH is 1. The highest BCUT2D eigenvalue weighted by Crippen LogP contribution is 2.45. The first kappa shape index (κ1) is 93.1. The predicted molar refractivity (Wildman–Crippen MR) is 386 cm³/mol. The number of unbranched alkanes of at least 4 members (excludes halogenated alkanes) is 41. The summed E-state index contributed by atoms with van der Waals surface area (Å²) in [5, 5.41) is 10.6. The van der Waals surface area contributed by atoms with Gasteiger partial charge in [-0.1, -0.05) is 337 Å². The number of phosphoric ester groups is 2. The molecular weight excluding hydrogens is 1250 g/mol. The molecular formula is C76H148O17P2. The van der Waals surface area contributed by atoms with Crippen molar-refractivity contribution in [3.63, 3.8) is 0 Å². The first-order chi connectivity index (χ1) is 45.8. The maximum absolute atomic E-state index is 13.1. The molecule has 0 radical (unpaired) electrons. The van der Waals surface area contributed by atoms with Gasteiger partial charge in [0.1, 0.15) is 19.3 Å². The lowest BCUT2D eigenvalue weighted by Crippen LogP contribution is -2.30. The molecule has 3 N–H and O–H groups in total. The van der Waals surface area contributed by atoms with Crippen LogP contribution in [-0.2, 0) is 65.4 Å². The minimum Gasteiger partial charge on any atom is -0.462 e. The molecule has 0 aliphatic rings. The minimum absolute atomic E-state index is 0.105. The summed E-state index contributed by atoms with van der Waals surface area (Å²) in [5.41, 5.74) is 0. The van der Waals surface area contributed by atoms with Gasteiger partial charge in [-0.2, -0.15) is 0 Å². The molecule has 564 valence electrons. The molecule has 19 heteroatoms. The Morgan fingerprint density at radius 3 is 0.800 bits per heavy atom. The van der Waals surface area contributed by atoms with E-state index in [1.807, 2.05) is 0 Å². The van der Waals surface area contributed by atoms with E-state index in [-0.39, 0.29) is 25.7 Å². The van der Waals surface area contributed by atoms with E-state index in [1.54, 1.807) is 0 Å². The molecule has 0 aliphatic heterocycles. The summed E-state index contributed by atoms with van der Waals surface area (Å²) < 4.78 is 68.5. The zero-order valence-corrected chi connectivity index (χ0v) is 63.9. The highest BCUT2D eigenvalue weighted by molar-refractivity contribution is 7.47. The predicted octanol–water partition coefficient (Wildman–Crippen LogP) is 22.2. The van der Waals surface area contributed by atoms with Gasteiger partial charge < -0.3 is 33.8 Å². The summed E-state index contributed by atoms with van der Waals surface area (Å²) in [7, 11) is -9.91. The number of carbonyl (C=O) groups excluding carboxylic acids is 4. The van der Waals surface area contributed by atoms with E-state index in [9.17, 15) is 43.2 Å². The molecule has 0 fully saturated rings. The van der Waals surface area contributed by atoms with E-state index in [0.29, 0.717) is 25.7 Å². The van der Waals surface area contributed by atoms with Gasteiger partial charge in [0, 0.05) is 25.7 Å². The standard InChI is InChI=1S/C76H148O17P2/c1-8-10-11-12-13-14-15-21-29-36-43-50-57-73(78)86-64-72(93-76(81)60-53-46-39-32-25-27-34-41-48-55-68(5)6)66-91-95(84,85)89-62-70(77)61-88-94(82,83)90-65-71(63-87-74(79)58-51-44-37-30-24-23-26-33-40-47-54-67(3)4)92-75(80)59-52-45-38-31-22-19-17-16-18-20-28-35-42-49-56-69(7)9-2/h67-72,77H,8-66H2,1-7H3,(H,82,83)(H,84,85)/t69?,70-,71-,72-/m1/s1. The molecule has 0 aliphatic carbocycles. The Hall–Kier alpha value is -1.94. The first-order valence-electron chi connectivity index (χ1n) is 39.4. The Morgan fingerprint density at radius 2 is 0.537 bits per heavy atom. The Labute approximate surface area is 581 Å². The zero-order valence-electron chi connectivity index (χ0n) is 62.1. The number of hydrogen-bond donors (Lipinski definition) is 3. The van der Waals surface area contributed by atoms with Crippen molar-refractivity contribution in [1.29, 1.82) is 0 Å². The van der Waals surface area contributed by atoms with Crippen molar-refractivity contribution in [2.75, 3.05) is 39.6 Å². The van der Waals surface area contributed by atoms with E-state index in [2.05, 4.69) is 48.5 Å². The number of phosphoric acid groups is 2. The van der Waals surface area contributed by atoms with Gasteiger partial charge in [0.2, 0.25) is 0 Å². The highest BCUT2D eigenvalue weighted by Gasteiger charge is 2.30. The molecule has 0 aromatic heterocycles. The second-order valence-corrected chi connectivity index (χ2v) is 31.5. The molecule has 0 heterocycles. The second-order valence-electron chi connectivity index (χ2n) is 28.6. The molecule has 0 bridgehead atoms. The highest BCUT2D eigenvalue weighted by atomic mass is 31.2. The van der Waals surface area contributed by atoms with Crippen LogP contribution in [0.2, 0.25) is 0 Å². The van der Waals surface area contributed by atoms with Crippen LogP contribution >= 0.6 is 15.6 Å². The van der Waals surface area contributed by atoms with Crippen LogP contribution in [0.4, 0.5) is 0 Å². The minimum atomic E-state index is -4.96. The first-order valence-corrected chi connectivity index (χ1v) is 42.4. The van der Waals surface area contributed by atoms with Crippen LogP contribution in [0.25, 0.3) is 0 Å². The molecule has 17 nitrogen and oxygen atoms in total. The largest absolute Gasteiger partial charge is 0.472 e. The molecule has 3 unspecified atom stereocenters. The van der Waals surface area contributed by atoms with Crippen molar-refractivity contribution < 1.29 is 80.2 Å². The van der Waals surface area contributed by atoms with E-state index in [1.165, 1.54) is 199 Å². The summed E-state index contributed by atoms with van der Waals surface area (Å²) in [6.45, 7) is 11.9. The van der Waals surface area contributed by atoms with Gasteiger partial charge >= 0.3 is 39.5 Å². The number of ether oxygens (including phenoxy) is 4. The van der Waals surface area contributed by atoms with Crippen LogP contribution in [0.3, 0.4) is 0 Å². The monoisotopic (exact) mass is 1400 g/mol. The van der Waals surface area contributed by atoms with E-state index in [4.69, 9.17) is 37.0 Å². The third-order valence-electron chi connectivity index (χ3n) is 18.0. The van der Waals surface area contributed by atoms with Crippen molar-refractivity contribution in [3.05, 3.63) is 0 Å². The Balaban J connectivity index is 5.25. The Morgan fingerprint density at radius 1 is 0.305 bits per heavy atom. The number of aliphatic hydroxyl groups is 1. The normalized spacial score (nSPS) is 14.4. The van der Waals surface area contributed by atoms with Gasteiger partial charge in [0.15, 0.2) is 12.2 Å². The molecule has 95 heavy (non-hydrogen) atoms. The number of esters is 4. The maximum atomic E-state index is 13.1. The van der Waals surface area contributed by atoms with Crippen LogP contribution in [-0.4, -0.2) is 96.7 Å². The molecule has 0 saturated carbocycles. The lowest BCUT2D eigenvalue weighted by atomic mass is 9.99. The van der Waals surface area contributed by atoms with Crippen molar-refractivity contribution >= 4 is 39.5 Å². The topological polar surface area (TPSA) is 237 Å². The molecule has 0 saturated heterocycles. The number of rotatable bonds is 74. The molecule has 6 atom stereocenters. The molecule has 0 aromatic rings. The Bertz CT molecular complexity index is 1850. The van der Waals surface area contributed by atoms with Gasteiger partial charge in [0.25, 0.3) is 0 Å². The number of hydrogen-bond acceptors (Lipinski definition) is 15. The average molecular weight is 1400 g/mol. The quantitative estimate of drug-likeness (QED) is 0.0222. The fourth-order valence-corrected chi connectivity index (χ4v) is 13.1. The lowest BCUT2D eigenvalue weighted by Gasteiger charge is -2.21. The van der Waals surface area contributed by atoms with Gasteiger partial charge in [-0.3, -0.25) is 37.3 Å². The smallest absolute Gasteiger partial charge is 0.462 e. The van der Waals surface area contributed by atoms with Crippen molar-refractivity contribution in [1.82, 2.24) is 0 Å². The number of carbonyl (C=O) groups is 4. The van der Waals surface area contributed by atoms with Crippen molar-refractivity contribution in [2.24, 2.45) is 17.8 Å². The van der Waals surface area contributed by atoms with Crippen LogP contribution < -0.4 is 0 Å². The van der Waals surface area contributed by atoms with Crippen molar-refractivity contribution in [3.8, 4) is 0 Å². The van der Waals surface area contributed by atoms with Crippen molar-refractivity contribution in [2.45, 2.75) is 407 Å². The lowest BCUT2D eigenvalue weighted by molar-refractivity contribution is -0.161. The molecule has 0 spiro atoms. The van der Waals surface area contributed by atoms with Gasteiger partial charge in [-0.25, -0.2) is 9.13 Å². The van der Waals surface area contributed by atoms with E-state index < -0.39 is 97.5 Å². The van der Waals surface area contributed by atoms with Crippen LogP contribution in [0.5, 0.6) is 0 Å². The van der Waals surface area contributed by atoms with Gasteiger partial charge in [-0.15, -0.1) is 0 Å². The Kier molecular flexibility index (Phi) is 65.2. The van der Waals surface area contributed by atoms with Gasteiger partial charge in [0.05, 0.1) is 26.4 Å². The fourth-order valence-electron chi connectivity index (χ4n) is 11.6. The average Bonchev–Trinajstić information content (AvgIpc) is 2.13. The maximum Gasteiger partial charge on any atom is 0.472 e. The summed E-state index contributed by atoms with van der Waals surface area (Å²) in [4.78, 5) is 72.8. The summed E-state index contributed by atoms with van der Waals surface area (Å²) in [6, 6.07) is 0. The van der Waals surface area contributed by atoms with E-state index >= 15 is 0 Å². The third-order valence-corrected chi connectivity index (χ3v) is 19.9. The molecule has 0 rings (SSSR count). The van der Waals surface area contributed by atoms with Crippen LogP contribution in [0.1, 0.15) is 389 Å². The summed E-state index contributed by atoms with van der Waals surface area (Å²) in [5.74, 6) is 0.224. The molecule has 0 amide bonds. The summed E-state index contributed by atoms with van der Waals surface area (Å²) in [6.07, 6.45) is 52.6. The van der Waals surface area contributed by atoms with Crippen LogP contribution in [0.15, 0.2) is 0 Å². The van der Waals surface area contributed by atoms with Gasteiger partial charge in [-0.05, 0) is 43.4 Å². The summed E-state index contributed by atoms with van der Waals surface area (Å²) >= 11 is 0. The zero-order chi connectivity index (χ0) is 70.1. The fraction of sp³-hybridized carbons (Fsp3) is 0.947. The SMILES string of the molecule is CCCCCCCCCCCCCCC(=O)OC[C@H](COP(=O)(O)OC[C@H](O)COP(=O)(O)OC[C@@H](COC(=O)CCCCCCCCCCCCC(C)C)OC(=O)CCCCCCCCCCCCCCCCC(C)CC)OC(=O)CCCCCCCCCCCC(C)C. The van der Waals surface area contributed by atoms with Crippen LogP contribution in [0, 0.1) is 17.8 Å². The second kappa shape index (κ2) is 66.6. The third kappa shape index (κ3) is 69.0. The van der Waals surface area contributed by atoms with E-state index in [0.717, 1.165) is 108 Å².